The van der Waals surface area contributed by atoms with Gasteiger partial charge in [-0.1, -0.05) is 62.3 Å². The predicted molar refractivity (Wildman–Crippen MR) is 152 cm³/mol. The molecule has 0 fully saturated rings. The second kappa shape index (κ2) is 11.0. The Kier molecular flexibility index (Phi) is 7.37. The fourth-order valence-electron chi connectivity index (χ4n) is 4.80. The number of fused-ring (bicyclic) bond motifs is 2. The summed E-state index contributed by atoms with van der Waals surface area (Å²) in [5.74, 6) is 3.08. The van der Waals surface area contributed by atoms with Crippen LogP contribution in [-0.4, -0.2) is 18.2 Å². The summed E-state index contributed by atoms with van der Waals surface area (Å²) in [7, 11) is 0. The number of hydrogen-bond acceptors (Lipinski definition) is 5. The van der Waals surface area contributed by atoms with E-state index in [1.165, 1.54) is 0 Å². The van der Waals surface area contributed by atoms with E-state index in [4.69, 9.17) is 4.74 Å². The number of nitriles is 1. The highest BCUT2D eigenvalue weighted by atomic mass is 32.1. The summed E-state index contributed by atoms with van der Waals surface area (Å²) in [5.41, 5.74) is 3.11. The fraction of sp³-hybridized carbons (Fsp3) is 0.258. The number of anilines is 1. The van der Waals surface area contributed by atoms with Gasteiger partial charge in [-0.25, -0.2) is 5.87 Å². The van der Waals surface area contributed by atoms with E-state index in [1.807, 2.05) is 54.4 Å². The first-order chi connectivity index (χ1) is 18.6. The molecular formula is C31H28N4O2S. The lowest BCUT2D eigenvalue weighted by molar-refractivity contribution is -0.669. The molecule has 0 unspecified atom stereocenters. The van der Waals surface area contributed by atoms with E-state index in [-0.39, 0.29) is 11.4 Å². The van der Waals surface area contributed by atoms with Gasteiger partial charge in [0.25, 0.3) is 5.01 Å². The molecule has 2 heterocycles. The monoisotopic (exact) mass is 520 g/mol. The average molecular weight is 521 g/mol. The smallest absolute Gasteiger partial charge is 0.263 e. The van der Waals surface area contributed by atoms with Crippen LogP contribution in [0.5, 0.6) is 5.75 Å². The Morgan fingerprint density at radius 3 is 2.63 bits per heavy atom. The van der Waals surface area contributed by atoms with Crippen molar-refractivity contribution in [1.82, 2.24) is 0 Å². The topological polar surface area (TPSA) is 79.5 Å². The van der Waals surface area contributed by atoms with Crippen LogP contribution >= 0.6 is 11.3 Å². The zero-order valence-corrected chi connectivity index (χ0v) is 22.3. The lowest BCUT2D eigenvalue weighted by Crippen LogP contribution is -2.35. The summed E-state index contributed by atoms with van der Waals surface area (Å²) in [6.07, 6.45) is 7.56. The number of para-hydroxylation sites is 3. The van der Waals surface area contributed by atoms with E-state index < -0.39 is 0 Å². The highest BCUT2D eigenvalue weighted by Gasteiger charge is 2.37. The molecule has 0 atom stereocenters. The van der Waals surface area contributed by atoms with Crippen molar-refractivity contribution in [3.05, 3.63) is 93.2 Å². The molecule has 5 rings (SSSR count). The Hall–Kier alpha value is -4.24. The second-order valence-electron chi connectivity index (χ2n) is 9.25. The van der Waals surface area contributed by atoms with Crippen LogP contribution in [0.25, 0.3) is 21.7 Å². The van der Waals surface area contributed by atoms with Crippen LogP contribution in [0.15, 0.2) is 82.8 Å². The van der Waals surface area contributed by atoms with Gasteiger partial charge < -0.3 is 15.0 Å². The van der Waals surface area contributed by atoms with Crippen LogP contribution in [0.3, 0.4) is 0 Å². The summed E-state index contributed by atoms with van der Waals surface area (Å²) in [6.45, 7) is 5.85. The number of hydrogen-bond donors (Lipinski definition) is 0. The van der Waals surface area contributed by atoms with Crippen LogP contribution in [0.2, 0.25) is 0 Å². The van der Waals surface area contributed by atoms with E-state index in [0.717, 1.165) is 65.4 Å². The van der Waals surface area contributed by atoms with Crippen molar-refractivity contribution in [1.29, 1.82) is 5.26 Å². The highest BCUT2D eigenvalue weighted by molar-refractivity contribution is 7.18. The van der Waals surface area contributed by atoms with Gasteiger partial charge in [0.1, 0.15) is 10.8 Å². The number of rotatable bonds is 9. The molecule has 1 aliphatic carbocycles. The van der Waals surface area contributed by atoms with Crippen LogP contribution < -0.4 is 14.2 Å². The first-order valence-electron chi connectivity index (χ1n) is 13.0. The normalized spacial score (nSPS) is 16.4. The number of ether oxygens (including phenoxy) is 1. The SMILES string of the molecule is CCCCN1/C(=C/C2=C(C(=C=[N-])C#N)C(=C/c3sc4ccccc4[n+]3CCCC)/C2=O)Oc2ccccc21. The minimum absolute atomic E-state index is 0.0699. The Balaban J connectivity index is 1.62. The molecule has 1 aliphatic heterocycles. The van der Waals surface area contributed by atoms with Crippen LogP contribution in [0.4, 0.5) is 5.69 Å². The molecule has 38 heavy (non-hydrogen) atoms. The number of unbranched alkanes of at least 4 members (excludes halogenated alkanes) is 2. The van der Waals surface area contributed by atoms with Crippen molar-refractivity contribution in [2.45, 2.75) is 46.1 Å². The van der Waals surface area contributed by atoms with E-state index in [9.17, 15) is 15.5 Å². The number of carbonyl (C=O) groups excluding carboxylic acids is 1. The van der Waals surface area contributed by atoms with Crippen molar-refractivity contribution in [2.75, 3.05) is 11.4 Å². The molecule has 6 nitrogen and oxygen atoms in total. The molecule has 0 amide bonds. The molecule has 0 radical (unpaired) electrons. The maximum absolute atomic E-state index is 13.6. The van der Waals surface area contributed by atoms with Gasteiger partial charge >= 0.3 is 0 Å². The second-order valence-corrected chi connectivity index (χ2v) is 10.3. The van der Waals surface area contributed by atoms with Gasteiger partial charge in [0.2, 0.25) is 11.4 Å². The molecule has 2 aromatic carbocycles. The zero-order valence-electron chi connectivity index (χ0n) is 21.5. The fourth-order valence-corrected chi connectivity index (χ4v) is 5.93. The van der Waals surface area contributed by atoms with E-state index in [0.29, 0.717) is 22.6 Å². The Labute approximate surface area is 226 Å². The lowest BCUT2D eigenvalue weighted by atomic mass is 9.77. The summed E-state index contributed by atoms with van der Waals surface area (Å²) in [5, 5.41) is 20.4. The number of ketones is 1. The molecule has 2 aliphatic rings. The molecule has 0 spiro atoms. The number of thiazole rings is 1. The van der Waals surface area contributed by atoms with Gasteiger partial charge in [0, 0.05) is 47.9 Å². The minimum Gasteiger partial charge on any atom is -0.762 e. The van der Waals surface area contributed by atoms with Gasteiger partial charge in [0.05, 0.1) is 11.3 Å². The number of aromatic nitrogens is 1. The number of carbonyl (C=O) groups is 1. The van der Waals surface area contributed by atoms with Crippen molar-refractivity contribution in [2.24, 2.45) is 0 Å². The molecule has 0 bridgehead atoms. The Morgan fingerprint density at radius 1 is 1.11 bits per heavy atom. The third kappa shape index (κ3) is 4.50. The molecule has 7 heteroatoms. The number of allylic oxidation sites excluding steroid dienone is 5. The van der Waals surface area contributed by atoms with Gasteiger partial charge in [-0.3, -0.25) is 4.79 Å². The lowest BCUT2D eigenvalue weighted by Gasteiger charge is -2.25. The molecule has 190 valence electrons. The Morgan fingerprint density at radius 2 is 1.87 bits per heavy atom. The average Bonchev–Trinajstić information content (AvgIpc) is 3.48. The summed E-state index contributed by atoms with van der Waals surface area (Å²) >= 11 is 1.61. The number of benzene rings is 2. The molecule has 0 saturated carbocycles. The van der Waals surface area contributed by atoms with Gasteiger partial charge in [-0.05, 0) is 24.6 Å². The summed E-state index contributed by atoms with van der Waals surface area (Å²) in [6, 6.07) is 17.9. The number of nitrogens with zero attached hydrogens (tertiary/aromatic N) is 4. The van der Waals surface area contributed by atoms with E-state index >= 15 is 0 Å². The molecule has 0 N–H and O–H groups in total. The van der Waals surface area contributed by atoms with Gasteiger partial charge in [-0.2, -0.15) is 9.83 Å². The van der Waals surface area contributed by atoms with Crippen molar-refractivity contribution in [3.8, 4) is 11.8 Å². The standard InChI is InChI=1S/C31H28N4O2S/c1-3-5-15-34-24-11-7-9-13-26(24)37-28(34)17-22-30(21(19-32)20-33)23(31(22)36)18-29-35(16-6-4-2)25-12-8-10-14-27(25)38-29/h7-14,17-18H,3-6,15-16H2,1-2H3. The van der Waals surface area contributed by atoms with Crippen LogP contribution in [-0.2, 0) is 11.3 Å². The molecule has 1 aromatic heterocycles. The van der Waals surface area contributed by atoms with Crippen molar-refractivity contribution in [3.63, 3.8) is 0 Å². The largest absolute Gasteiger partial charge is 0.762 e. The van der Waals surface area contributed by atoms with Crippen LogP contribution in [0, 0.1) is 11.3 Å². The van der Waals surface area contributed by atoms with E-state index in [2.05, 4.69) is 35.4 Å². The first kappa shape index (κ1) is 25.4. The van der Waals surface area contributed by atoms with Crippen molar-refractivity contribution >= 4 is 45.0 Å². The molecule has 0 saturated heterocycles. The Bertz CT molecular complexity index is 1610. The van der Waals surface area contributed by atoms with Gasteiger partial charge in [-0.15, -0.1) is 0 Å². The van der Waals surface area contributed by atoms with E-state index in [1.54, 1.807) is 17.4 Å². The number of Topliss-reactive ketones (excluding diaryl/α,β-unsaturated/α-hetero) is 1. The summed E-state index contributed by atoms with van der Waals surface area (Å²) < 4.78 is 9.48. The minimum atomic E-state index is -0.190. The molecular weight excluding hydrogens is 492 g/mol. The zero-order chi connectivity index (χ0) is 26.6. The quantitative estimate of drug-likeness (QED) is 0.140. The van der Waals surface area contributed by atoms with Crippen LogP contribution in [0.1, 0.15) is 44.5 Å². The third-order valence-electron chi connectivity index (χ3n) is 6.78. The molecule has 3 aromatic rings. The highest BCUT2D eigenvalue weighted by Crippen LogP contribution is 2.43. The maximum atomic E-state index is 13.6. The summed E-state index contributed by atoms with van der Waals surface area (Å²) in [4.78, 5) is 15.6. The first-order valence-corrected chi connectivity index (χ1v) is 13.8. The third-order valence-corrected chi connectivity index (χ3v) is 7.89. The number of aryl methyl sites for hydroxylation is 1. The predicted octanol–water partition coefficient (Wildman–Crippen LogP) is 6.48. The maximum Gasteiger partial charge on any atom is 0.263 e. The van der Waals surface area contributed by atoms with Gasteiger partial charge in [0.15, 0.2) is 18.1 Å². The van der Waals surface area contributed by atoms with Crippen molar-refractivity contribution < 1.29 is 14.1 Å².